The molecule has 0 radical (unpaired) electrons. The van der Waals surface area contributed by atoms with Gasteiger partial charge in [-0.2, -0.15) is 0 Å². The Morgan fingerprint density at radius 1 is 0.950 bits per heavy atom. The van der Waals surface area contributed by atoms with Gasteiger partial charge in [-0.15, -0.1) is 0 Å². The van der Waals surface area contributed by atoms with Crippen LogP contribution in [0.3, 0.4) is 0 Å². The van der Waals surface area contributed by atoms with Crippen molar-refractivity contribution in [1.82, 2.24) is 0 Å². The lowest BCUT2D eigenvalue weighted by Crippen LogP contribution is -2.09. The van der Waals surface area contributed by atoms with Gasteiger partial charge in [0.15, 0.2) is 0 Å². The van der Waals surface area contributed by atoms with Crippen LogP contribution in [0, 0.1) is 6.92 Å². The van der Waals surface area contributed by atoms with E-state index in [0.29, 0.717) is 34.7 Å². The quantitative estimate of drug-likeness (QED) is 0.660. The van der Waals surface area contributed by atoms with Gasteiger partial charge < -0.3 is 15.2 Å². The number of hydrogen-bond donors (Lipinski definition) is 1. The lowest BCUT2D eigenvalue weighted by atomic mass is 10.2. The molecule has 0 atom stereocenters. The van der Waals surface area contributed by atoms with Gasteiger partial charge in [-0.25, -0.2) is 0 Å². The summed E-state index contributed by atoms with van der Waals surface area (Å²) in [5.74, 6) is 1.38. The van der Waals surface area contributed by atoms with E-state index in [9.17, 15) is 0 Å². The number of ether oxygens (including phenoxy) is 2. The molecule has 2 N–H and O–H groups in total. The van der Waals surface area contributed by atoms with Crippen LogP contribution in [0.5, 0.6) is 11.5 Å². The first-order chi connectivity index (χ1) is 9.54. The van der Waals surface area contributed by atoms with Crippen LogP contribution in [0.2, 0.25) is 10.0 Å². The van der Waals surface area contributed by atoms with Crippen LogP contribution in [-0.4, -0.2) is 13.2 Å². The lowest BCUT2D eigenvalue weighted by Gasteiger charge is -2.11. The molecule has 0 aliphatic heterocycles. The molecule has 0 aliphatic carbocycles. The zero-order valence-corrected chi connectivity index (χ0v) is 12.5. The van der Waals surface area contributed by atoms with E-state index < -0.39 is 0 Å². The van der Waals surface area contributed by atoms with E-state index in [4.69, 9.17) is 38.4 Å². The highest BCUT2D eigenvalue weighted by Crippen LogP contribution is 2.24. The van der Waals surface area contributed by atoms with Crippen molar-refractivity contribution in [1.29, 1.82) is 0 Å². The molecule has 2 aromatic rings. The van der Waals surface area contributed by atoms with Gasteiger partial charge >= 0.3 is 0 Å². The SMILES string of the molecule is Cc1ccc(N)cc1OCCOc1cc(Cl)cc(Cl)c1. The summed E-state index contributed by atoms with van der Waals surface area (Å²) in [5, 5.41) is 1.08. The molecule has 5 heteroatoms. The minimum atomic E-state index is 0.394. The largest absolute Gasteiger partial charge is 0.490 e. The third-order valence-corrected chi connectivity index (χ3v) is 3.09. The number of nitrogens with two attached hydrogens (primary N) is 1. The first-order valence-corrected chi connectivity index (χ1v) is 6.88. The predicted octanol–water partition coefficient (Wildman–Crippen LogP) is 4.34. The van der Waals surface area contributed by atoms with Gasteiger partial charge in [-0.3, -0.25) is 0 Å². The zero-order valence-electron chi connectivity index (χ0n) is 11.0. The molecular formula is C15H15Cl2NO2. The molecule has 2 rings (SSSR count). The fraction of sp³-hybridized carbons (Fsp3) is 0.200. The third-order valence-electron chi connectivity index (χ3n) is 2.66. The highest BCUT2D eigenvalue weighted by Gasteiger charge is 2.02. The van der Waals surface area contributed by atoms with E-state index in [1.54, 1.807) is 24.3 Å². The molecule has 2 aromatic carbocycles. The number of hydrogen-bond acceptors (Lipinski definition) is 3. The molecule has 0 unspecified atom stereocenters. The number of rotatable bonds is 5. The Hall–Kier alpha value is -1.58. The molecule has 0 saturated carbocycles. The van der Waals surface area contributed by atoms with E-state index in [-0.39, 0.29) is 0 Å². The fourth-order valence-corrected chi connectivity index (χ4v) is 2.20. The van der Waals surface area contributed by atoms with Gasteiger partial charge in [0, 0.05) is 21.8 Å². The average molecular weight is 312 g/mol. The van der Waals surface area contributed by atoms with E-state index >= 15 is 0 Å². The maximum absolute atomic E-state index is 5.89. The summed E-state index contributed by atoms with van der Waals surface area (Å²) in [4.78, 5) is 0. The summed E-state index contributed by atoms with van der Waals surface area (Å²) in [6, 6.07) is 10.6. The van der Waals surface area contributed by atoms with Crippen molar-refractivity contribution in [2.24, 2.45) is 0 Å². The molecule has 106 valence electrons. The Kier molecular flexibility index (Phi) is 4.99. The minimum Gasteiger partial charge on any atom is -0.490 e. The molecule has 0 spiro atoms. The van der Waals surface area contributed by atoms with E-state index in [1.165, 1.54) is 0 Å². The maximum atomic E-state index is 5.89. The Morgan fingerprint density at radius 3 is 2.30 bits per heavy atom. The standard InChI is InChI=1S/C15H15Cl2NO2/c1-10-2-3-13(18)9-15(10)20-5-4-19-14-7-11(16)6-12(17)8-14/h2-3,6-9H,4-5,18H2,1H3. The van der Waals surface area contributed by atoms with Gasteiger partial charge in [-0.1, -0.05) is 29.3 Å². The van der Waals surface area contributed by atoms with Crippen LogP contribution in [0.4, 0.5) is 5.69 Å². The Bertz CT molecular complexity index is 582. The molecule has 0 aromatic heterocycles. The molecule has 0 fully saturated rings. The summed E-state index contributed by atoms with van der Waals surface area (Å²) in [6.45, 7) is 2.77. The Balaban J connectivity index is 1.86. The van der Waals surface area contributed by atoms with Crippen molar-refractivity contribution in [2.45, 2.75) is 6.92 Å². The molecule has 0 heterocycles. The van der Waals surface area contributed by atoms with Crippen molar-refractivity contribution >= 4 is 28.9 Å². The topological polar surface area (TPSA) is 44.5 Å². The van der Waals surface area contributed by atoms with Crippen molar-refractivity contribution < 1.29 is 9.47 Å². The van der Waals surface area contributed by atoms with Crippen LogP contribution in [0.1, 0.15) is 5.56 Å². The van der Waals surface area contributed by atoms with Gasteiger partial charge in [-0.05, 0) is 36.8 Å². The van der Waals surface area contributed by atoms with Crippen LogP contribution < -0.4 is 15.2 Å². The van der Waals surface area contributed by atoms with Gasteiger partial charge in [0.1, 0.15) is 24.7 Å². The molecule has 20 heavy (non-hydrogen) atoms. The number of nitrogen functional groups attached to an aromatic ring is 1. The van der Waals surface area contributed by atoms with Crippen LogP contribution in [0.15, 0.2) is 36.4 Å². The number of benzene rings is 2. The second kappa shape index (κ2) is 6.73. The van der Waals surface area contributed by atoms with Gasteiger partial charge in [0.2, 0.25) is 0 Å². The summed E-state index contributed by atoms with van der Waals surface area (Å²) in [7, 11) is 0. The second-order valence-corrected chi connectivity index (χ2v) is 5.20. The first-order valence-electron chi connectivity index (χ1n) is 6.12. The number of halogens is 2. The normalized spacial score (nSPS) is 10.3. The predicted molar refractivity (Wildman–Crippen MR) is 83.0 cm³/mol. The zero-order chi connectivity index (χ0) is 14.5. The van der Waals surface area contributed by atoms with Crippen molar-refractivity contribution in [3.63, 3.8) is 0 Å². The Labute approximate surface area is 128 Å². The average Bonchev–Trinajstić information content (AvgIpc) is 2.37. The van der Waals surface area contributed by atoms with Crippen LogP contribution in [-0.2, 0) is 0 Å². The fourth-order valence-electron chi connectivity index (χ4n) is 1.70. The summed E-state index contributed by atoms with van der Waals surface area (Å²) < 4.78 is 11.2. The second-order valence-electron chi connectivity index (χ2n) is 4.33. The van der Waals surface area contributed by atoms with Gasteiger partial charge in [0.25, 0.3) is 0 Å². The van der Waals surface area contributed by atoms with E-state index in [0.717, 1.165) is 11.3 Å². The first kappa shape index (κ1) is 14.8. The maximum Gasteiger partial charge on any atom is 0.124 e. The Morgan fingerprint density at radius 2 is 1.60 bits per heavy atom. The highest BCUT2D eigenvalue weighted by molar-refractivity contribution is 6.34. The number of anilines is 1. The molecule has 0 aliphatic rings. The molecular weight excluding hydrogens is 297 g/mol. The molecule has 0 saturated heterocycles. The summed E-state index contributed by atoms with van der Waals surface area (Å²) >= 11 is 11.8. The van der Waals surface area contributed by atoms with E-state index in [1.807, 2.05) is 19.1 Å². The van der Waals surface area contributed by atoms with Crippen molar-refractivity contribution in [3.05, 3.63) is 52.0 Å². The minimum absolute atomic E-state index is 0.394. The monoisotopic (exact) mass is 311 g/mol. The van der Waals surface area contributed by atoms with Crippen LogP contribution >= 0.6 is 23.2 Å². The van der Waals surface area contributed by atoms with Gasteiger partial charge in [0.05, 0.1) is 0 Å². The molecule has 0 bridgehead atoms. The third kappa shape index (κ3) is 4.22. The van der Waals surface area contributed by atoms with Crippen molar-refractivity contribution in [2.75, 3.05) is 18.9 Å². The van der Waals surface area contributed by atoms with Crippen LogP contribution in [0.25, 0.3) is 0 Å². The molecule has 0 amide bonds. The van der Waals surface area contributed by atoms with E-state index in [2.05, 4.69) is 0 Å². The summed E-state index contributed by atoms with van der Waals surface area (Å²) in [6.07, 6.45) is 0. The van der Waals surface area contributed by atoms with Crippen molar-refractivity contribution in [3.8, 4) is 11.5 Å². The molecule has 3 nitrogen and oxygen atoms in total. The smallest absolute Gasteiger partial charge is 0.124 e. The summed E-state index contributed by atoms with van der Waals surface area (Å²) in [5.41, 5.74) is 7.42. The highest BCUT2D eigenvalue weighted by atomic mass is 35.5. The number of aryl methyl sites for hydroxylation is 1. The lowest BCUT2D eigenvalue weighted by molar-refractivity contribution is 0.216.